The average molecular weight is 394 g/mol. The van der Waals surface area contributed by atoms with Crippen molar-refractivity contribution in [3.63, 3.8) is 0 Å². The molecule has 0 saturated heterocycles. The summed E-state index contributed by atoms with van der Waals surface area (Å²) in [5, 5.41) is 12.5. The van der Waals surface area contributed by atoms with E-state index in [4.69, 9.17) is 27.8 Å². The van der Waals surface area contributed by atoms with Crippen LogP contribution in [-0.2, 0) is 6.54 Å². The zero-order valence-corrected chi connectivity index (χ0v) is 16.3. The van der Waals surface area contributed by atoms with E-state index in [0.717, 1.165) is 28.1 Å². The van der Waals surface area contributed by atoms with E-state index in [9.17, 15) is 5.11 Å². The number of ether oxygens (including phenoxy) is 1. The number of aliphatic hydroxyl groups is 1. The Bertz CT molecular complexity index is 847. The Labute approximate surface area is 162 Å². The lowest BCUT2D eigenvalue weighted by molar-refractivity contribution is 0.142. The van der Waals surface area contributed by atoms with Gasteiger partial charge in [-0.25, -0.2) is 4.98 Å². The van der Waals surface area contributed by atoms with Crippen LogP contribution in [0, 0.1) is 13.8 Å². The molecule has 1 aliphatic heterocycles. The molecule has 1 unspecified atom stereocenters. The molecule has 146 valence electrons. The normalized spacial score (nSPS) is 17.1. The molecule has 1 aliphatic rings. The molecule has 3 rings (SSSR count). The van der Waals surface area contributed by atoms with Crippen LogP contribution in [0.2, 0.25) is 5.15 Å². The van der Waals surface area contributed by atoms with Crippen LogP contribution in [0.3, 0.4) is 0 Å². The van der Waals surface area contributed by atoms with Crippen molar-refractivity contribution in [1.29, 1.82) is 0 Å². The minimum absolute atomic E-state index is 0.0426. The van der Waals surface area contributed by atoms with E-state index in [0.29, 0.717) is 30.6 Å². The Kier molecular flexibility index (Phi) is 5.66. The lowest BCUT2D eigenvalue weighted by Gasteiger charge is -2.21. The van der Waals surface area contributed by atoms with Gasteiger partial charge in [0.2, 0.25) is 5.95 Å². The summed E-state index contributed by atoms with van der Waals surface area (Å²) in [6.45, 7) is 5.50. The van der Waals surface area contributed by atoms with E-state index in [1.54, 1.807) is 13.3 Å². The molecule has 0 aromatic carbocycles. The number of aryl methyl sites for hydroxylation is 1. The van der Waals surface area contributed by atoms with Crippen molar-refractivity contribution >= 4 is 23.4 Å². The second-order valence-electron chi connectivity index (χ2n) is 6.59. The Morgan fingerprint density at radius 1 is 1.44 bits per heavy atom. The lowest BCUT2D eigenvalue weighted by Crippen LogP contribution is -2.40. The van der Waals surface area contributed by atoms with Crippen LogP contribution < -0.4 is 26.4 Å². The van der Waals surface area contributed by atoms with Gasteiger partial charge in [-0.1, -0.05) is 11.6 Å². The van der Waals surface area contributed by atoms with E-state index in [1.807, 2.05) is 13.8 Å². The summed E-state index contributed by atoms with van der Waals surface area (Å²) in [6.07, 6.45) is 0.685. The number of hydrogen-bond acceptors (Lipinski definition) is 9. The Balaban J connectivity index is 1.94. The second-order valence-corrected chi connectivity index (χ2v) is 6.94. The number of halogens is 1. The monoisotopic (exact) mass is 393 g/mol. The molecule has 0 saturated carbocycles. The fourth-order valence-electron chi connectivity index (χ4n) is 3.46. The molecule has 10 heteroatoms. The van der Waals surface area contributed by atoms with Crippen LogP contribution in [-0.4, -0.2) is 46.6 Å². The van der Waals surface area contributed by atoms with Crippen molar-refractivity contribution in [3.8, 4) is 5.75 Å². The topological polar surface area (TPSA) is 135 Å². The highest BCUT2D eigenvalue weighted by Crippen LogP contribution is 2.40. The van der Waals surface area contributed by atoms with Gasteiger partial charge in [0.15, 0.2) is 6.35 Å². The Morgan fingerprint density at radius 3 is 2.85 bits per heavy atom. The van der Waals surface area contributed by atoms with Crippen LogP contribution in [0.15, 0.2) is 6.20 Å². The summed E-state index contributed by atoms with van der Waals surface area (Å²) in [6, 6.07) is 0. The molecule has 3 heterocycles. The van der Waals surface area contributed by atoms with Crippen LogP contribution in [0.1, 0.15) is 28.3 Å². The third-order valence-corrected chi connectivity index (χ3v) is 5.00. The minimum Gasteiger partial charge on any atom is -0.496 e. The fraction of sp³-hybridized carbons (Fsp3) is 0.471. The largest absolute Gasteiger partial charge is 0.496 e. The number of hydrogen-bond donors (Lipinski definition) is 4. The predicted octanol–water partition coefficient (Wildman–Crippen LogP) is 0.661. The Hall–Kier alpha value is -2.20. The van der Waals surface area contributed by atoms with Crippen molar-refractivity contribution in [1.82, 2.24) is 20.3 Å². The molecule has 0 aliphatic carbocycles. The molecular weight excluding hydrogens is 370 g/mol. The first kappa shape index (κ1) is 19.6. The summed E-state index contributed by atoms with van der Waals surface area (Å²) in [7, 11) is 1.65. The van der Waals surface area contributed by atoms with Crippen molar-refractivity contribution in [2.45, 2.75) is 32.7 Å². The van der Waals surface area contributed by atoms with Gasteiger partial charge in [0.25, 0.3) is 0 Å². The smallest absolute Gasteiger partial charge is 0.223 e. The fourth-order valence-corrected chi connectivity index (χ4v) is 3.79. The molecule has 2 atom stereocenters. The van der Waals surface area contributed by atoms with Gasteiger partial charge in [0.05, 0.1) is 19.3 Å². The summed E-state index contributed by atoms with van der Waals surface area (Å²) in [5.74, 6) is 1.57. The number of pyridine rings is 1. The first-order valence-electron chi connectivity index (χ1n) is 8.55. The summed E-state index contributed by atoms with van der Waals surface area (Å²) in [5.41, 5.74) is 14.8. The maximum absolute atomic E-state index is 9.34. The van der Waals surface area contributed by atoms with E-state index < -0.39 is 6.35 Å². The number of anilines is 2. The lowest BCUT2D eigenvalue weighted by atomic mass is 10.1. The van der Waals surface area contributed by atoms with Gasteiger partial charge >= 0.3 is 0 Å². The summed E-state index contributed by atoms with van der Waals surface area (Å²) < 4.78 is 5.50. The molecule has 2 aromatic heterocycles. The highest BCUT2D eigenvalue weighted by atomic mass is 35.5. The van der Waals surface area contributed by atoms with E-state index in [2.05, 4.69) is 25.2 Å². The first-order chi connectivity index (χ1) is 12.8. The number of nitrogens with one attached hydrogen (secondary N) is 1. The molecule has 27 heavy (non-hydrogen) atoms. The molecule has 0 amide bonds. The molecule has 0 fully saturated rings. The van der Waals surface area contributed by atoms with Gasteiger partial charge in [-0.15, -0.1) is 0 Å². The SMILES string of the molecule is COc1c(C)cnc(CN2C[C@H](CNC(N)O)c3c(Cl)nc(N)nc32)c1C. The van der Waals surface area contributed by atoms with Gasteiger partial charge in [0.1, 0.15) is 16.7 Å². The molecule has 2 aromatic rings. The standard InChI is InChI=1S/C17H24ClN7O2/c1-8-4-21-11(9(2)13(8)27-3)7-25-6-10(5-22-17(20)26)12-14(18)23-16(19)24-15(12)25/h4,10,17,22,26H,5-7,20H2,1-3H3,(H2,19,23,24)/t10-,17?/m0/s1. The van der Waals surface area contributed by atoms with Crippen molar-refractivity contribution in [2.24, 2.45) is 5.73 Å². The number of nitrogens with two attached hydrogens (primary N) is 2. The minimum atomic E-state index is -1.11. The molecule has 6 N–H and O–H groups in total. The number of rotatable bonds is 6. The first-order valence-corrected chi connectivity index (χ1v) is 8.93. The van der Waals surface area contributed by atoms with Crippen LogP contribution in [0.4, 0.5) is 11.8 Å². The number of aliphatic hydroxyl groups excluding tert-OH is 1. The molecular formula is C17H24ClN7O2. The summed E-state index contributed by atoms with van der Waals surface area (Å²) in [4.78, 5) is 15.1. The summed E-state index contributed by atoms with van der Waals surface area (Å²) >= 11 is 6.34. The third kappa shape index (κ3) is 3.91. The quantitative estimate of drug-likeness (QED) is 0.412. The van der Waals surface area contributed by atoms with Gasteiger partial charge < -0.3 is 20.5 Å². The number of nitrogens with zero attached hydrogens (tertiary/aromatic N) is 4. The second kappa shape index (κ2) is 7.81. The van der Waals surface area contributed by atoms with Crippen molar-refractivity contribution in [3.05, 3.63) is 33.7 Å². The molecule has 0 spiro atoms. The van der Waals surface area contributed by atoms with Crippen molar-refractivity contribution in [2.75, 3.05) is 30.8 Å². The van der Waals surface area contributed by atoms with E-state index >= 15 is 0 Å². The molecule has 0 bridgehead atoms. The van der Waals surface area contributed by atoms with Crippen LogP contribution in [0.25, 0.3) is 0 Å². The van der Waals surface area contributed by atoms with E-state index in [1.165, 1.54) is 0 Å². The number of fused-ring (bicyclic) bond motifs is 1. The zero-order chi connectivity index (χ0) is 19.7. The van der Waals surface area contributed by atoms with E-state index in [-0.39, 0.29) is 11.9 Å². The maximum Gasteiger partial charge on any atom is 0.223 e. The highest BCUT2D eigenvalue weighted by molar-refractivity contribution is 6.30. The molecule has 0 radical (unpaired) electrons. The van der Waals surface area contributed by atoms with Gasteiger partial charge in [-0.2, -0.15) is 4.98 Å². The van der Waals surface area contributed by atoms with Gasteiger partial charge in [0, 0.05) is 41.9 Å². The highest BCUT2D eigenvalue weighted by Gasteiger charge is 2.34. The van der Waals surface area contributed by atoms with Crippen LogP contribution in [0.5, 0.6) is 5.75 Å². The van der Waals surface area contributed by atoms with Gasteiger partial charge in [-0.05, 0) is 13.8 Å². The Morgan fingerprint density at radius 2 is 2.19 bits per heavy atom. The number of aromatic nitrogens is 3. The zero-order valence-electron chi connectivity index (χ0n) is 15.5. The number of methoxy groups -OCH3 is 1. The average Bonchev–Trinajstić information content (AvgIpc) is 2.94. The van der Waals surface area contributed by atoms with Crippen molar-refractivity contribution < 1.29 is 9.84 Å². The molecule has 9 nitrogen and oxygen atoms in total. The third-order valence-electron chi connectivity index (χ3n) is 4.71. The predicted molar refractivity (Wildman–Crippen MR) is 104 cm³/mol. The van der Waals surface area contributed by atoms with Crippen LogP contribution >= 0.6 is 11.6 Å². The number of nitrogen functional groups attached to an aromatic ring is 1. The maximum atomic E-state index is 9.34. The van der Waals surface area contributed by atoms with Gasteiger partial charge in [-0.3, -0.25) is 16.0 Å².